The second kappa shape index (κ2) is 14.5. The van der Waals surface area contributed by atoms with Crippen molar-refractivity contribution in [3.8, 4) is 0 Å². The van der Waals surface area contributed by atoms with E-state index in [2.05, 4.69) is 112 Å². The van der Waals surface area contributed by atoms with E-state index in [0.29, 0.717) is 12.3 Å². The van der Waals surface area contributed by atoms with Crippen LogP contribution in [0.5, 0.6) is 0 Å². The lowest BCUT2D eigenvalue weighted by Gasteiger charge is -2.43. The van der Waals surface area contributed by atoms with Gasteiger partial charge in [-0.1, -0.05) is 124 Å². The highest BCUT2D eigenvalue weighted by Gasteiger charge is 2.49. The first kappa shape index (κ1) is 31.2. The van der Waals surface area contributed by atoms with Gasteiger partial charge in [0, 0.05) is 32.9 Å². The molecule has 0 atom stereocenters. The average Bonchev–Trinajstić information content (AvgIpc) is 3.03. The van der Waals surface area contributed by atoms with E-state index in [-0.39, 0.29) is 10.9 Å². The molecule has 4 aromatic carbocycles. The van der Waals surface area contributed by atoms with Gasteiger partial charge in [-0.3, -0.25) is 4.79 Å². The Kier molecular flexibility index (Phi) is 10.5. The number of hydrogen-bond donors (Lipinski definition) is 0. The minimum absolute atomic E-state index is 0.00264. The van der Waals surface area contributed by atoms with Crippen molar-refractivity contribution >= 4 is 35.4 Å². The van der Waals surface area contributed by atoms with Gasteiger partial charge in [0.25, 0.3) is 8.32 Å². The predicted molar refractivity (Wildman–Crippen MR) is 181 cm³/mol. The molecular weight excluding hydrogens is 547 g/mol. The molecular formula is C38H47NO3Si. The molecule has 1 heterocycles. The van der Waals surface area contributed by atoms with Crippen LogP contribution in [-0.4, -0.2) is 52.0 Å². The highest BCUT2D eigenvalue weighted by Crippen LogP contribution is 2.36. The Morgan fingerprint density at radius 1 is 0.767 bits per heavy atom. The second-order valence-corrected chi connectivity index (χ2v) is 17.2. The molecule has 0 spiro atoms. The Morgan fingerprint density at radius 2 is 1.35 bits per heavy atom. The van der Waals surface area contributed by atoms with Gasteiger partial charge in [0.1, 0.15) is 0 Å². The van der Waals surface area contributed by atoms with Crippen molar-refractivity contribution in [2.24, 2.45) is 5.92 Å². The zero-order valence-electron chi connectivity index (χ0n) is 26.1. The van der Waals surface area contributed by atoms with Gasteiger partial charge in [-0.15, -0.1) is 0 Å². The number of carbonyl (C=O) groups excluding carboxylic acids is 1. The molecule has 5 rings (SSSR count). The number of fused-ring (bicyclic) bond motifs is 1. The van der Waals surface area contributed by atoms with Crippen LogP contribution in [0.3, 0.4) is 0 Å². The highest BCUT2D eigenvalue weighted by molar-refractivity contribution is 6.99. The van der Waals surface area contributed by atoms with Crippen molar-refractivity contribution in [1.29, 1.82) is 0 Å². The number of carbonyl (C=O) groups is 1. The van der Waals surface area contributed by atoms with E-state index in [1.807, 2.05) is 17.0 Å². The highest BCUT2D eigenvalue weighted by atomic mass is 28.4. The number of hydrogen-bond acceptors (Lipinski definition) is 3. The minimum Gasteiger partial charge on any atom is -0.407 e. The topological polar surface area (TPSA) is 38.8 Å². The Morgan fingerprint density at radius 3 is 2.00 bits per heavy atom. The Labute approximate surface area is 259 Å². The van der Waals surface area contributed by atoms with E-state index in [4.69, 9.17) is 9.16 Å². The maximum atomic E-state index is 13.1. The van der Waals surface area contributed by atoms with Gasteiger partial charge < -0.3 is 14.1 Å². The molecule has 226 valence electrons. The summed E-state index contributed by atoms with van der Waals surface area (Å²) >= 11 is 0. The molecule has 4 aromatic rings. The number of nitrogens with zero attached hydrogens (tertiary/aromatic N) is 1. The van der Waals surface area contributed by atoms with Gasteiger partial charge in [-0.05, 0) is 63.3 Å². The predicted octanol–water partition coefficient (Wildman–Crippen LogP) is 6.99. The van der Waals surface area contributed by atoms with Crippen LogP contribution in [0.4, 0.5) is 0 Å². The van der Waals surface area contributed by atoms with E-state index in [1.165, 1.54) is 21.1 Å². The fourth-order valence-corrected chi connectivity index (χ4v) is 11.2. The lowest BCUT2D eigenvalue weighted by molar-refractivity contribution is -0.132. The maximum absolute atomic E-state index is 13.1. The molecule has 4 nitrogen and oxygen atoms in total. The summed E-state index contributed by atoms with van der Waals surface area (Å²) in [6.45, 7) is 10.9. The van der Waals surface area contributed by atoms with E-state index in [1.54, 1.807) is 0 Å². The average molecular weight is 594 g/mol. The van der Waals surface area contributed by atoms with Gasteiger partial charge in [0.2, 0.25) is 5.91 Å². The van der Waals surface area contributed by atoms with Crippen molar-refractivity contribution in [2.45, 2.75) is 57.9 Å². The van der Waals surface area contributed by atoms with E-state index in [0.717, 1.165) is 64.2 Å². The van der Waals surface area contributed by atoms with Crippen LogP contribution in [-0.2, 0) is 20.4 Å². The molecule has 0 unspecified atom stereocenters. The third kappa shape index (κ3) is 7.46. The Bertz CT molecular complexity index is 1400. The van der Waals surface area contributed by atoms with Crippen molar-refractivity contribution in [3.05, 3.63) is 109 Å². The molecule has 0 saturated carbocycles. The lowest BCUT2D eigenvalue weighted by atomic mass is 9.96. The van der Waals surface area contributed by atoms with Crippen molar-refractivity contribution in [1.82, 2.24) is 4.90 Å². The van der Waals surface area contributed by atoms with Crippen LogP contribution in [0, 0.1) is 5.92 Å². The molecule has 43 heavy (non-hydrogen) atoms. The van der Waals surface area contributed by atoms with Gasteiger partial charge in [-0.25, -0.2) is 0 Å². The summed E-state index contributed by atoms with van der Waals surface area (Å²) in [6.07, 6.45) is 4.46. The molecule has 0 bridgehead atoms. The first-order chi connectivity index (χ1) is 20.9. The first-order valence-electron chi connectivity index (χ1n) is 16.0. The summed E-state index contributed by atoms with van der Waals surface area (Å²) < 4.78 is 13.1. The number of benzene rings is 4. The number of unbranched alkanes of at least 4 members (excludes halogenated alkanes) is 1. The smallest absolute Gasteiger partial charge is 0.261 e. The number of piperidine rings is 1. The quantitative estimate of drug-likeness (QED) is 0.131. The molecule has 1 saturated heterocycles. The third-order valence-electron chi connectivity index (χ3n) is 8.96. The van der Waals surface area contributed by atoms with Gasteiger partial charge >= 0.3 is 0 Å². The molecule has 1 aliphatic rings. The molecule has 0 N–H and O–H groups in total. The zero-order chi connectivity index (χ0) is 30.1. The largest absolute Gasteiger partial charge is 0.407 e. The first-order valence-corrected chi connectivity index (χ1v) is 17.9. The summed E-state index contributed by atoms with van der Waals surface area (Å²) in [5, 5.41) is 5.02. The standard InChI is InChI=1S/C38H47NO3Si/c1-38(2,3)43(34-18-6-4-7-19-34,35-20-8-5-9-21-35)42-28-13-12-27-41-30-31-23-25-39(26-24-31)37(40)29-33-17-14-16-32-15-10-11-22-36(32)33/h4-11,14-22,31H,12-13,23-30H2,1-3H3. The van der Waals surface area contributed by atoms with Gasteiger partial charge in [0.05, 0.1) is 6.42 Å². The molecule has 0 aliphatic carbocycles. The monoisotopic (exact) mass is 593 g/mol. The second-order valence-electron chi connectivity index (χ2n) is 12.9. The van der Waals surface area contributed by atoms with Crippen LogP contribution < -0.4 is 10.4 Å². The summed E-state index contributed by atoms with van der Waals surface area (Å²) in [5.74, 6) is 0.756. The van der Waals surface area contributed by atoms with Crippen LogP contribution in [0.1, 0.15) is 52.0 Å². The molecule has 1 fully saturated rings. The summed E-state index contributed by atoms with van der Waals surface area (Å²) in [6, 6.07) is 36.2. The van der Waals surface area contributed by atoms with Crippen LogP contribution in [0.2, 0.25) is 5.04 Å². The van der Waals surface area contributed by atoms with Crippen LogP contribution >= 0.6 is 0 Å². The molecule has 1 aliphatic heterocycles. The number of ether oxygens (including phenoxy) is 1. The SMILES string of the molecule is CC(C)(C)[Si](OCCCCOCC1CCN(C(=O)Cc2cccc3ccccc23)CC1)(c1ccccc1)c1ccccc1. The third-order valence-corrected chi connectivity index (χ3v) is 14.0. The van der Waals surface area contributed by atoms with Crippen molar-refractivity contribution in [3.63, 3.8) is 0 Å². The normalized spacial score (nSPS) is 14.7. The zero-order valence-corrected chi connectivity index (χ0v) is 27.1. The summed E-state index contributed by atoms with van der Waals surface area (Å²) in [5.41, 5.74) is 1.12. The maximum Gasteiger partial charge on any atom is 0.261 e. The Balaban J connectivity index is 1.05. The van der Waals surface area contributed by atoms with Gasteiger partial charge in [-0.2, -0.15) is 0 Å². The fraction of sp³-hybridized carbons (Fsp3) is 0.395. The molecule has 0 aromatic heterocycles. The summed E-state index contributed by atoms with van der Waals surface area (Å²) in [4.78, 5) is 15.1. The number of amides is 1. The fourth-order valence-electron chi connectivity index (χ4n) is 6.61. The minimum atomic E-state index is -2.47. The number of rotatable bonds is 12. The molecule has 5 heteroatoms. The molecule has 0 radical (unpaired) electrons. The molecule has 1 amide bonds. The van der Waals surface area contributed by atoms with Crippen LogP contribution in [0.15, 0.2) is 103 Å². The van der Waals surface area contributed by atoms with Gasteiger partial charge in [0.15, 0.2) is 0 Å². The van der Waals surface area contributed by atoms with Crippen molar-refractivity contribution in [2.75, 3.05) is 32.9 Å². The Hall–Kier alpha value is -3.25. The number of likely N-dealkylation sites (tertiary alicyclic amines) is 1. The van der Waals surface area contributed by atoms with E-state index < -0.39 is 8.32 Å². The van der Waals surface area contributed by atoms with Crippen molar-refractivity contribution < 1.29 is 14.0 Å². The van der Waals surface area contributed by atoms with E-state index >= 15 is 0 Å². The lowest BCUT2D eigenvalue weighted by Crippen LogP contribution is -2.66. The van der Waals surface area contributed by atoms with E-state index in [9.17, 15) is 4.79 Å². The van der Waals surface area contributed by atoms with Crippen LogP contribution in [0.25, 0.3) is 10.8 Å². The summed E-state index contributed by atoms with van der Waals surface area (Å²) in [7, 11) is -2.47.